The van der Waals surface area contributed by atoms with Crippen LogP contribution in [0.2, 0.25) is 0 Å². The number of carbonyl (C=O) groups excluding carboxylic acids is 1. The summed E-state index contributed by atoms with van der Waals surface area (Å²) in [7, 11) is 0. The van der Waals surface area contributed by atoms with Crippen LogP contribution in [0.5, 0.6) is 0 Å². The van der Waals surface area contributed by atoms with Gasteiger partial charge in [-0.15, -0.1) is 0 Å². The number of aliphatic hydroxyl groups is 1. The van der Waals surface area contributed by atoms with E-state index in [1.54, 1.807) is 25.2 Å². The molecular weight excluding hydrogens is 168 g/mol. The van der Waals surface area contributed by atoms with E-state index in [0.717, 1.165) is 0 Å². The van der Waals surface area contributed by atoms with E-state index in [4.69, 9.17) is 4.74 Å². The molecule has 0 spiro atoms. The molecule has 0 aromatic carbocycles. The van der Waals surface area contributed by atoms with Crippen LogP contribution in [0, 0.1) is 0 Å². The predicted molar refractivity (Wildman–Crippen MR) is 49.1 cm³/mol. The Bertz CT molecular complexity index is 241. The quantitative estimate of drug-likeness (QED) is 0.652. The highest BCUT2D eigenvalue weighted by Gasteiger charge is 2.13. The fourth-order valence-corrected chi connectivity index (χ4v) is 1.18. The van der Waals surface area contributed by atoms with Crippen LogP contribution in [0.1, 0.15) is 19.8 Å². The molecule has 0 amide bonds. The van der Waals surface area contributed by atoms with E-state index in [9.17, 15) is 9.90 Å². The number of esters is 1. The zero-order chi connectivity index (χ0) is 9.68. The van der Waals surface area contributed by atoms with Gasteiger partial charge in [-0.3, -0.25) is 0 Å². The maximum Gasteiger partial charge on any atom is 0.333 e. The zero-order valence-corrected chi connectivity index (χ0v) is 7.69. The molecule has 1 aliphatic carbocycles. The lowest BCUT2D eigenvalue weighted by Gasteiger charge is -2.05. The lowest BCUT2D eigenvalue weighted by Crippen LogP contribution is -2.09. The van der Waals surface area contributed by atoms with Gasteiger partial charge in [0, 0.05) is 5.57 Å². The van der Waals surface area contributed by atoms with E-state index in [2.05, 4.69) is 0 Å². The Morgan fingerprint density at radius 3 is 3.23 bits per heavy atom. The number of carbonyl (C=O) groups is 1. The Labute approximate surface area is 77.7 Å². The van der Waals surface area contributed by atoms with Crippen molar-refractivity contribution in [1.82, 2.24) is 0 Å². The third-order valence-corrected chi connectivity index (χ3v) is 1.88. The van der Waals surface area contributed by atoms with Gasteiger partial charge in [0.2, 0.25) is 0 Å². The molecule has 0 heterocycles. The first kappa shape index (κ1) is 9.99. The normalized spacial score (nSPS) is 22.0. The van der Waals surface area contributed by atoms with Crippen molar-refractivity contribution < 1.29 is 14.6 Å². The summed E-state index contributed by atoms with van der Waals surface area (Å²) in [6, 6.07) is 0. The van der Waals surface area contributed by atoms with Crippen molar-refractivity contribution >= 4 is 5.97 Å². The topological polar surface area (TPSA) is 46.5 Å². The summed E-state index contributed by atoms with van der Waals surface area (Å²) in [6.45, 7) is 2.17. The molecule has 13 heavy (non-hydrogen) atoms. The van der Waals surface area contributed by atoms with E-state index >= 15 is 0 Å². The summed E-state index contributed by atoms with van der Waals surface area (Å²) in [5, 5.41) is 9.25. The molecule has 0 bridgehead atoms. The minimum absolute atomic E-state index is 0.277. The van der Waals surface area contributed by atoms with Crippen molar-refractivity contribution in [1.29, 1.82) is 0 Å². The second-order valence-corrected chi connectivity index (χ2v) is 2.90. The molecule has 3 heteroatoms. The molecule has 0 saturated carbocycles. The summed E-state index contributed by atoms with van der Waals surface area (Å²) in [5.74, 6) is -0.277. The minimum atomic E-state index is -0.442. The van der Waals surface area contributed by atoms with Crippen LogP contribution in [0.25, 0.3) is 0 Å². The van der Waals surface area contributed by atoms with Gasteiger partial charge in [0.15, 0.2) is 0 Å². The van der Waals surface area contributed by atoms with Crippen molar-refractivity contribution in [3.05, 3.63) is 23.8 Å². The van der Waals surface area contributed by atoms with Gasteiger partial charge in [-0.1, -0.05) is 18.2 Å². The highest BCUT2D eigenvalue weighted by atomic mass is 16.5. The average Bonchev–Trinajstić information content (AvgIpc) is 2.30. The van der Waals surface area contributed by atoms with Crippen LogP contribution in [0.4, 0.5) is 0 Å². The van der Waals surface area contributed by atoms with Gasteiger partial charge in [0.05, 0.1) is 12.7 Å². The Kier molecular flexibility index (Phi) is 3.71. The lowest BCUT2D eigenvalue weighted by molar-refractivity contribution is -0.138. The fourth-order valence-electron chi connectivity index (χ4n) is 1.18. The van der Waals surface area contributed by atoms with Crippen molar-refractivity contribution in [2.45, 2.75) is 25.9 Å². The van der Waals surface area contributed by atoms with E-state index in [1.807, 2.05) is 0 Å². The second-order valence-electron chi connectivity index (χ2n) is 2.90. The zero-order valence-electron chi connectivity index (χ0n) is 7.69. The van der Waals surface area contributed by atoms with Crippen LogP contribution < -0.4 is 0 Å². The third-order valence-electron chi connectivity index (χ3n) is 1.88. The highest BCUT2D eigenvalue weighted by molar-refractivity contribution is 5.88. The SMILES string of the molecule is CCOC(=O)C1=CC=CC(O)CC1. The van der Waals surface area contributed by atoms with Gasteiger partial charge in [-0.05, 0) is 19.8 Å². The van der Waals surface area contributed by atoms with Crippen LogP contribution >= 0.6 is 0 Å². The minimum Gasteiger partial charge on any atom is -0.463 e. The first-order chi connectivity index (χ1) is 6.24. The Balaban J connectivity index is 2.56. The number of allylic oxidation sites excluding steroid dienone is 2. The van der Waals surface area contributed by atoms with Crippen LogP contribution in [-0.4, -0.2) is 23.8 Å². The van der Waals surface area contributed by atoms with Crippen LogP contribution in [0.15, 0.2) is 23.8 Å². The molecule has 0 saturated heterocycles. The highest BCUT2D eigenvalue weighted by Crippen LogP contribution is 2.14. The lowest BCUT2D eigenvalue weighted by atomic mass is 10.1. The molecule has 0 radical (unpaired) electrons. The number of hydrogen-bond acceptors (Lipinski definition) is 3. The monoisotopic (exact) mass is 182 g/mol. The van der Waals surface area contributed by atoms with Crippen molar-refractivity contribution in [3.8, 4) is 0 Å². The number of aliphatic hydroxyl groups excluding tert-OH is 1. The first-order valence-electron chi connectivity index (χ1n) is 4.46. The van der Waals surface area contributed by atoms with Gasteiger partial charge in [-0.25, -0.2) is 4.79 Å². The average molecular weight is 182 g/mol. The summed E-state index contributed by atoms with van der Waals surface area (Å²) in [6.07, 6.45) is 5.79. The van der Waals surface area contributed by atoms with Crippen molar-refractivity contribution in [3.63, 3.8) is 0 Å². The molecule has 3 nitrogen and oxygen atoms in total. The molecule has 1 unspecified atom stereocenters. The maximum atomic E-state index is 11.3. The molecule has 0 aromatic rings. The Morgan fingerprint density at radius 2 is 2.54 bits per heavy atom. The van der Waals surface area contributed by atoms with Gasteiger partial charge in [0.25, 0.3) is 0 Å². The standard InChI is InChI=1S/C10H14O3/c1-2-13-10(12)8-4-3-5-9(11)7-6-8/h3-5,9,11H,2,6-7H2,1H3. The van der Waals surface area contributed by atoms with Crippen LogP contribution in [0.3, 0.4) is 0 Å². The third kappa shape index (κ3) is 3.03. The second kappa shape index (κ2) is 4.82. The largest absolute Gasteiger partial charge is 0.463 e. The summed E-state index contributed by atoms with van der Waals surface area (Å²) in [4.78, 5) is 11.3. The Morgan fingerprint density at radius 1 is 1.77 bits per heavy atom. The smallest absolute Gasteiger partial charge is 0.333 e. The Hall–Kier alpha value is -1.09. The summed E-state index contributed by atoms with van der Waals surface area (Å²) >= 11 is 0. The molecule has 1 aliphatic rings. The maximum absolute atomic E-state index is 11.3. The first-order valence-corrected chi connectivity index (χ1v) is 4.46. The summed E-state index contributed by atoms with van der Waals surface area (Å²) in [5.41, 5.74) is 0.634. The molecule has 72 valence electrons. The molecule has 0 aromatic heterocycles. The number of hydrogen-bond donors (Lipinski definition) is 1. The molecule has 0 fully saturated rings. The van der Waals surface area contributed by atoms with Gasteiger partial charge >= 0.3 is 5.97 Å². The van der Waals surface area contributed by atoms with E-state index in [-0.39, 0.29) is 5.97 Å². The van der Waals surface area contributed by atoms with E-state index in [0.29, 0.717) is 25.0 Å². The molecular formula is C10H14O3. The fraction of sp³-hybridized carbons (Fsp3) is 0.500. The summed E-state index contributed by atoms with van der Waals surface area (Å²) < 4.78 is 4.85. The molecule has 1 N–H and O–H groups in total. The number of ether oxygens (including phenoxy) is 1. The van der Waals surface area contributed by atoms with Crippen molar-refractivity contribution in [2.24, 2.45) is 0 Å². The van der Waals surface area contributed by atoms with Gasteiger partial charge < -0.3 is 9.84 Å². The molecule has 0 aliphatic heterocycles. The van der Waals surface area contributed by atoms with Crippen LogP contribution in [-0.2, 0) is 9.53 Å². The van der Waals surface area contributed by atoms with E-state index < -0.39 is 6.10 Å². The molecule has 1 atom stereocenters. The van der Waals surface area contributed by atoms with Gasteiger partial charge in [-0.2, -0.15) is 0 Å². The van der Waals surface area contributed by atoms with Crippen molar-refractivity contribution in [2.75, 3.05) is 6.61 Å². The van der Waals surface area contributed by atoms with Gasteiger partial charge in [0.1, 0.15) is 0 Å². The number of rotatable bonds is 2. The predicted octanol–water partition coefficient (Wildman–Crippen LogP) is 1.19. The van der Waals surface area contributed by atoms with E-state index in [1.165, 1.54) is 0 Å². The molecule has 1 rings (SSSR count).